The van der Waals surface area contributed by atoms with E-state index in [0.29, 0.717) is 17.9 Å². The molecular weight excluding hydrogens is 242 g/mol. The molecule has 2 rings (SSSR count). The van der Waals surface area contributed by atoms with Gasteiger partial charge in [0.05, 0.1) is 12.7 Å². The topological polar surface area (TPSA) is 67.0 Å². The van der Waals surface area contributed by atoms with Crippen molar-refractivity contribution in [2.75, 3.05) is 13.7 Å². The van der Waals surface area contributed by atoms with E-state index in [0.717, 1.165) is 18.7 Å². The maximum Gasteiger partial charge on any atom is 0.255 e. The third kappa shape index (κ3) is 3.58. The number of aromatic nitrogens is 2. The Balaban J connectivity index is 1.81. The van der Waals surface area contributed by atoms with Crippen LogP contribution >= 0.6 is 0 Å². The van der Waals surface area contributed by atoms with Crippen molar-refractivity contribution in [1.82, 2.24) is 15.3 Å². The number of hydrogen-bond donors (Lipinski definition) is 2. The van der Waals surface area contributed by atoms with Gasteiger partial charge in [0.2, 0.25) is 0 Å². The van der Waals surface area contributed by atoms with Gasteiger partial charge in [-0.25, -0.2) is 4.98 Å². The quantitative estimate of drug-likeness (QED) is 0.777. The number of carbonyl (C=O) groups is 1. The molecule has 1 aromatic carbocycles. The number of ether oxygens (including phenoxy) is 1. The van der Waals surface area contributed by atoms with Crippen LogP contribution in [-0.4, -0.2) is 29.5 Å². The fourth-order valence-electron chi connectivity index (χ4n) is 1.82. The molecule has 19 heavy (non-hydrogen) atoms. The van der Waals surface area contributed by atoms with Crippen LogP contribution in [0, 0.1) is 0 Å². The highest BCUT2D eigenvalue weighted by Crippen LogP contribution is 2.16. The molecule has 0 unspecified atom stereocenters. The molecular formula is C14H17N3O2. The number of rotatable bonds is 6. The van der Waals surface area contributed by atoms with Crippen molar-refractivity contribution in [1.29, 1.82) is 0 Å². The van der Waals surface area contributed by atoms with Crippen LogP contribution in [0.15, 0.2) is 36.7 Å². The number of amides is 1. The predicted molar refractivity (Wildman–Crippen MR) is 72.2 cm³/mol. The fraction of sp³-hybridized carbons (Fsp3) is 0.286. The number of benzene rings is 1. The second-order valence-corrected chi connectivity index (χ2v) is 4.10. The minimum absolute atomic E-state index is 0.114. The average Bonchev–Trinajstić information content (AvgIpc) is 2.96. The summed E-state index contributed by atoms with van der Waals surface area (Å²) in [4.78, 5) is 19.1. The van der Waals surface area contributed by atoms with Crippen LogP contribution in [0.25, 0.3) is 0 Å². The number of imidazole rings is 1. The van der Waals surface area contributed by atoms with Crippen molar-refractivity contribution in [3.63, 3.8) is 0 Å². The summed E-state index contributed by atoms with van der Waals surface area (Å²) in [7, 11) is 1.56. The van der Waals surface area contributed by atoms with Crippen LogP contribution in [0.3, 0.4) is 0 Å². The molecule has 0 atom stereocenters. The van der Waals surface area contributed by atoms with Gasteiger partial charge in [-0.15, -0.1) is 0 Å². The average molecular weight is 259 g/mol. The predicted octanol–water partition coefficient (Wildman–Crippen LogP) is 1.78. The molecule has 0 aliphatic rings. The number of H-pyrrole nitrogens is 1. The summed E-state index contributed by atoms with van der Waals surface area (Å²) in [5.74, 6) is 1.41. The van der Waals surface area contributed by atoms with Crippen LogP contribution in [0.1, 0.15) is 22.6 Å². The Morgan fingerprint density at radius 2 is 2.26 bits per heavy atom. The summed E-state index contributed by atoms with van der Waals surface area (Å²) >= 11 is 0. The zero-order valence-corrected chi connectivity index (χ0v) is 10.8. The summed E-state index contributed by atoms with van der Waals surface area (Å²) in [5.41, 5.74) is 0.558. The van der Waals surface area contributed by atoms with Crippen LogP contribution in [0.2, 0.25) is 0 Å². The Morgan fingerprint density at radius 1 is 1.42 bits per heavy atom. The van der Waals surface area contributed by atoms with Crippen molar-refractivity contribution in [3.05, 3.63) is 48.0 Å². The number of nitrogens with zero attached hydrogens (tertiary/aromatic N) is 1. The number of nitrogens with one attached hydrogen (secondary N) is 2. The Morgan fingerprint density at radius 3 is 3.00 bits per heavy atom. The molecule has 0 spiro atoms. The van der Waals surface area contributed by atoms with Crippen molar-refractivity contribution < 1.29 is 9.53 Å². The summed E-state index contributed by atoms with van der Waals surface area (Å²) in [6, 6.07) is 7.19. The number of para-hydroxylation sites is 1. The van der Waals surface area contributed by atoms with E-state index in [-0.39, 0.29) is 5.91 Å². The molecule has 2 aromatic rings. The third-order valence-corrected chi connectivity index (χ3v) is 2.78. The van der Waals surface area contributed by atoms with Crippen LogP contribution in [0.4, 0.5) is 0 Å². The first-order chi connectivity index (χ1) is 9.31. The molecule has 0 saturated heterocycles. The Bertz CT molecular complexity index is 523. The van der Waals surface area contributed by atoms with E-state index in [9.17, 15) is 4.79 Å². The lowest BCUT2D eigenvalue weighted by molar-refractivity contribution is 0.0950. The molecule has 2 N–H and O–H groups in total. The minimum atomic E-state index is -0.114. The van der Waals surface area contributed by atoms with Gasteiger partial charge >= 0.3 is 0 Å². The molecule has 5 nitrogen and oxygen atoms in total. The number of methoxy groups -OCH3 is 1. The molecule has 0 aliphatic carbocycles. The van der Waals surface area contributed by atoms with Gasteiger partial charge in [0, 0.05) is 25.4 Å². The largest absolute Gasteiger partial charge is 0.496 e. The first-order valence-corrected chi connectivity index (χ1v) is 6.20. The highest BCUT2D eigenvalue weighted by molar-refractivity contribution is 5.96. The van der Waals surface area contributed by atoms with Gasteiger partial charge in [-0.05, 0) is 18.6 Å². The van der Waals surface area contributed by atoms with Gasteiger partial charge in [0.25, 0.3) is 5.91 Å². The molecule has 0 aliphatic heterocycles. The first kappa shape index (κ1) is 13.1. The zero-order chi connectivity index (χ0) is 13.5. The van der Waals surface area contributed by atoms with Gasteiger partial charge in [-0.2, -0.15) is 0 Å². The van der Waals surface area contributed by atoms with Crippen LogP contribution in [0.5, 0.6) is 5.75 Å². The van der Waals surface area contributed by atoms with Gasteiger partial charge in [-0.3, -0.25) is 4.79 Å². The van der Waals surface area contributed by atoms with Gasteiger partial charge in [-0.1, -0.05) is 12.1 Å². The standard InChI is InChI=1S/C14H17N3O2/c1-19-12-6-3-2-5-11(12)14(18)17-8-4-7-13-15-9-10-16-13/h2-3,5-6,9-10H,4,7-8H2,1H3,(H,15,16)(H,17,18). The number of hydrogen-bond acceptors (Lipinski definition) is 3. The molecule has 0 saturated carbocycles. The maximum absolute atomic E-state index is 12.0. The first-order valence-electron chi connectivity index (χ1n) is 6.20. The number of carbonyl (C=O) groups excluding carboxylic acids is 1. The molecule has 0 radical (unpaired) electrons. The Kier molecular flexibility index (Phi) is 4.55. The Hall–Kier alpha value is -2.30. The lowest BCUT2D eigenvalue weighted by atomic mass is 10.2. The number of aryl methyl sites for hydroxylation is 1. The summed E-state index contributed by atoms with van der Waals surface area (Å²) in [6.45, 7) is 0.609. The Labute approximate surface area is 112 Å². The molecule has 1 amide bonds. The van der Waals surface area contributed by atoms with Crippen molar-refractivity contribution >= 4 is 5.91 Å². The van der Waals surface area contributed by atoms with Gasteiger partial charge in [0.1, 0.15) is 11.6 Å². The molecule has 0 bridgehead atoms. The van der Waals surface area contributed by atoms with E-state index in [4.69, 9.17) is 4.74 Å². The third-order valence-electron chi connectivity index (χ3n) is 2.78. The summed E-state index contributed by atoms with van der Waals surface area (Å²) in [5, 5.41) is 2.88. The summed E-state index contributed by atoms with van der Waals surface area (Å²) < 4.78 is 5.16. The van der Waals surface area contributed by atoms with Crippen molar-refractivity contribution in [2.24, 2.45) is 0 Å². The van der Waals surface area contributed by atoms with E-state index in [1.54, 1.807) is 31.6 Å². The van der Waals surface area contributed by atoms with E-state index < -0.39 is 0 Å². The lowest BCUT2D eigenvalue weighted by Gasteiger charge is -2.08. The van der Waals surface area contributed by atoms with E-state index in [1.807, 2.05) is 12.1 Å². The summed E-state index contributed by atoms with van der Waals surface area (Å²) in [6.07, 6.45) is 5.18. The number of aromatic amines is 1. The van der Waals surface area contributed by atoms with Gasteiger partial charge < -0.3 is 15.0 Å². The molecule has 1 aromatic heterocycles. The molecule has 100 valence electrons. The second-order valence-electron chi connectivity index (χ2n) is 4.10. The maximum atomic E-state index is 12.0. The van der Waals surface area contributed by atoms with Crippen LogP contribution in [-0.2, 0) is 6.42 Å². The molecule has 0 fully saturated rings. The highest BCUT2D eigenvalue weighted by Gasteiger charge is 2.10. The zero-order valence-electron chi connectivity index (χ0n) is 10.8. The monoisotopic (exact) mass is 259 g/mol. The minimum Gasteiger partial charge on any atom is -0.496 e. The van der Waals surface area contributed by atoms with Gasteiger partial charge in [0.15, 0.2) is 0 Å². The van der Waals surface area contributed by atoms with E-state index >= 15 is 0 Å². The highest BCUT2D eigenvalue weighted by atomic mass is 16.5. The SMILES string of the molecule is COc1ccccc1C(=O)NCCCc1ncc[nH]1. The van der Waals surface area contributed by atoms with E-state index in [1.165, 1.54) is 0 Å². The normalized spacial score (nSPS) is 10.2. The second kappa shape index (κ2) is 6.58. The lowest BCUT2D eigenvalue weighted by Crippen LogP contribution is -2.25. The molecule has 1 heterocycles. The van der Waals surface area contributed by atoms with E-state index in [2.05, 4.69) is 15.3 Å². The smallest absolute Gasteiger partial charge is 0.255 e. The fourth-order valence-corrected chi connectivity index (χ4v) is 1.82. The van der Waals surface area contributed by atoms with Crippen molar-refractivity contribution in [2.45, 2.75) is 12.8 Å². The van der Waals surface area contributed by atoms with Crippen LogP contribution < -0.4 is 10.1 Å². The van der Waals surface area contributed by atoms with Crippen molar-refractivity contribution in [3.8, 4) is 5.75 Å². The molecule has 5 heteroatoms.